The fourth-order valence-corrected chi connectivity index (χ4v) is 3.01. The summed E-state index contributed by atoms with van der Waals surface area (Å²) in [6.07, 6.45) is 0.591. The summed E-state index contributed by atoms with van der Waals surface area (Å²) in [5.41, 5.74) is 0.946. The van der Waals surface area contributed by atoms with Crippen LogP contribution in [0.3, 0.4) is 0 Å². The highest BCUT2D eigenvalue weighted by molar-refractivity contribution is 6.28. The van der Waals surface area contributed by atoms with Crippen molar-refractivity contribution in [2.24, 2.45) is 0 Å². The topological polar surface area (TPSA) is 96.4 Å². The molecule has 3 rings (SSSR count). The van der Waals surface area contributed by atoms with Crippen LogP contribution in [0.15, 0.2) is 0 Å². The first-order valence-electron chi connectivity index (χ1n) is 8.38. The molecule has 8 nitrogen and oxygen atoms in total. The number of hydrogen-bond donors (Lipinski definition) is 2. The molecular weight excluding hydrogens is 346 g/mol. The molecule has 0 radical (unpaired) electrons. The van der Waals surface area contributed by atoms with Gasteiger partial charge in [0.15, 0.2) is 5.65 Å². The number of nitrogens with one attached hydrogen (secondary N) is 1. The first-order chi connectivity index (χ1) is 11.7. The van der Waals surface area contributed by atoms with Crippen molar-refractivity contribution < 1.29 is 14.6 Å². The molecule has 9 heteroatoms. The van der Waals surface area contributed by atoms with E-state index >= 15 is 0 Å². The number of fused-ring (bicyclic) bond motifs is 1. The third-order valence-electron chi connectivity index (χ3n) is 4.06. The van der Waals surface area contributed by atoms with Crippen molar-refractivity contribution in [2.75, 3.05) is 13.1 Å². The van der Waals surface area contributed by atoms with Crippen LogP contribution < -0.4 is 4.74 Å². The number of nitrogens with zero attached hydrogens (tertiary/aromatic N) is 4. The molecule has 138 valence electrons. The maximum absolute atomic E-state index is 10.2. The van der Waals surface area contributed by atoms with E-state index < -0.39 is 12.0 Å². The zero-order valence-corrected chi connectivity index (χ0v) is 15.7. The number of rotatable bonds is 4. The molecule has 0 saturated carbocycles. The molecule has 2 aromatic rings. The van der Waals surface area contributed by atoms with Crippen molar-refractivity contribution >= 4 is 22.6 Å². The van der Waals surface area contributed by atoms with Crippen LogP contribution in [-0.2, 0) is 4.74 Å². The highest BCUT2D eigenvalue weighted by Crippen LogP contribution is 2.28. The highest BCUT2D eigenvalue weighted by atomic mass is 35.5. The smallest absolute Gasteiger partial charge is 0.229 e. The van der Waals surface area contributed by atoms with Crippen LogP contribution >= 0.6 is 11.6 Å². The summed E-state index contributed by atoms with van der Waals surface area (Å²) in [5, 5.41) is 18.0. The zero-order chi connectivity index (χ0) is 18.2. The second-order valence-electron chi connectivity index (χ2n) is 7.25. The van der Waals surface area contributed by atoms with Crippen molar-refractivity contribution in [3.63, 3.8) is 0 Å². The second-order valence-corrected chi connectivity index (χ2v) is 7.59. The SMILES string of the molecule is Cc1[nH]nc2nc(Cl)nc(OC3CCN(C(O)OC(C)(C)C)CC3)c12. The number of aliphatic hydroxyl groups excluding tert-OH is 1. The monoisotopic (exact) mass is 369 g/mol. The minimum absolute atomic E-state index is 0.0125. The standard InChI is InChI=1S/C16H24ClN5O3/c1-9-11-12(21-20-9)18-14(17)19-13(11)24-10-5-7-22(8-6-10)15(23)25-16(2,3)4/h10,15,23H,5-8H2,1-4H3,(H,18,19,20,21). The van der Waals surface area contributed by atoms with Crippen LogP contribution in [0.4, 0.5) is 0 Å². The molecule has 0 aromatic carbocycles. The summed E-state index contributed by atoms with van der Waals surface area (Å²) >= 11 is 5.96. The van der Waals surface area contributed by atoms with Crippen LogP contribution in [0.25, 0.3) is 11.0 Å². The van der Waals surface area contributed by atoms with Crippen LogP contribution in [0, 0.1) is 6.92 Å². The molecule has 1 unspecified atom stereocenters. The summed E-state index contributed by atoms with van der Waals surface area (Å²) < 4.78 is 11.7. The van der Waals surface area contributed by atoms with Crippen molar-refractivity contribution in [3.05, 3.63) is 11.0 Å². The molecule has 2 aromatic heterocycles. The van der Waals surface area contributed by atoms with Gasteiger partial charge in [-0.2, -0.15) is 15.1 Å². The average molecular weight is 370 g/mol. The number of aryl methyl sites for hydroxylation is 1. The van der Waals surface area contributed by atoms with E-state index in [0.29, 0.717) is 24.6 Å². The summed E-state index contributed by atoms with van der Waals surface area (Å²) in [7, 11) is 0. The largest absolute Gasteiger partial charge is 0.474 e. The van der Waals surface area contributed by atoms with E-state index in [1.165, 1.54) is 0 Å². The van der Waals surface area contributed by atoms with Crippen molar-refractivity contribution in [1.82, 2.24) is 25.1 Å². The highest BCUT2D eigenvalue weighted by Gasteiger charge is 2.29. The number of aliphatic hydroxyl groups is 1. The lowest BCUT2D eigenvalue weighted by atomic mass is 10.1. The van der Waals surface area contributed by atoms with Gasteiger partial charge in [-0.3, -0.25) is 10.00 Å². The maximum Gasteiger partial charge on any atom is 0.229 e. The molecular formula is C16H24ClN5O3. The summed E-state index contributed by atoms with van der Waals surface area (Å²) in [5.74, 6) is 0.450. The third-order valence-corrected chi connectivity index (χ3v) is 4.23. The third kappa shape index (κ3) is 4.38. The minimum atomic E-state index is -0.905. The Hall–Kier alpha value is -1.48. The van der Waals surface area contributed by atoms with Crippen molar-refractivity contribution in [3.8, 4) is 5.88 Å². The fraction of sp³-hybridized carbons (Fsp3) is 0.688. The number of hydrogen-bond acceptors (Lipinski definition) is 7. The lowest BCUT2D eigenvalue weighted by Crippen LogP contribution is -2.47. The molecule has 1 fully saturated rings. The van der Waals surface area contributed by atoms with Crippen LogP contribution in [0.5, 0.6) is 5.88 Å². The van der Waals surface area contributed by atoms with Gasteiger partial charge in [-0.25, -0.2) is 0 Å². The summed E-state index contributed by atoms with van der Waals surface area (Å²) in [6.45, 7) is 9.00. The molecule has 0 bridgehead atoms. The molecule has 25 heavy (non-hydrogen) atoms. The van der Waals surface area contributed by atoms with E-state index in [-0.39, 0.29) is 11.4 Å². The van der Waals surface area contributed by atoms with Crippen molar-refractivity contribution in [2.45, 2.75) is 58.7 Å². The molecule has 0 aliphatic carbocycles. The Morgan fingerprint density at radius 3 is 2.60 bits per heavy atom. The Morgan fingerprint density at radius 2 is 1.96 bits per heavy atom. The Bertz CT molecular complexity index is 737. The number of aromatic nitrogens is 4. The maximum atomic E-state index is 10.2. The van der Waals surface area contributed by atoms with E-state index in [4.69, 9.17) is 21.1 Å². The van der Waals surface area contributed by atoms with Gasteiger partial charge in [0.05, 0.1) is 5.60 Å². The van der Waals surface area contributed by atoms with Gasteiger partial charge in [-0.1, -0.05) is 0 Å². The van der Waals surface area contributed by atoms with Crippen LogP contribution in [0.1, 0.15) is 39.3 Å². The first-order valence-corrected chi connectivity index (χ1v) is 8.75. The predicted molar refractivity (Wildman–Crippen MR) is 93.5 cm³/mol. The van der Waals surface area contributed by atoms with E-state index in [1.54, 1.807) is 0 Å². The Morgan fingerprint density at radius 1 is 1.28 bits per heavy atom. The molecule has 3 heterocycles. The van der Waals surface area contributed by atoms with Gasteiger partial charge in [0, 0.05) is 18.8 Å². The predicted octanol–water partition coefficient (Wildman–Crippen LogP) is 2.25. The van der Waals surface area contributed by atoms with Crippen molar-refractivity contribution in [1.29, 1.82) is 0 Å². The van der Waals surface area contributed by atoms with Crippen LogP contribution in [-0.4, -0.2) is 61.4 Å². The Balaban J connectivity index is 1.64. The molecule has 1 aliphatic rings. The molecule has 1 atom stereocenters. The molecule has 0 spiro atoms. The van der Waals surface area contributed by atoms with Gasteiger partial charge in [-0.15, -0.1) is 0 Å². The van der Waals surface area contributed by atoms with E-state index in [2.05, 4.69) is 20.2 Å². The lowest BCUT2D eigenvalue weighted by molar-refractivity contribution is -0.244. The zero-order valence-electron chi connectivity index (χ0n) is 14.9. The van der Waals surface area contributed by atoms with Gasteiger partial charge < -0.3 is 14.6 Å². The molecule has 2 N–H and O–H groups in total. The van der Waals surface area contributed by atoms with Gasteiger partial charge in [0.1, 0.15) is 11.5 Å². The van der Waals surface area contributed by atoms with E-state index in [9.17, 15) is 5.11 Å². The number of ether oxygens (including phenoxy) is 2. The van der Waals surface area contributed by atoms with Gasteiger partial charge in [0.25, 0.3) is 0 Å². The molecule has 1 aliphatic heterocycles. The van der Waals surface area contributed by atoms with Gasteiger partial charge >= 0.3 is 0 Å². The lowest BCUT2D eigenvalue weighted by Gasteiger charge is -2.37. The minimum Gasteiger partial charge on any atom is -0.474 e. The molecule has 0 amide bonds. The van der Waals surface area contributed by atoms with E-state index in [1.807, 2.05) is 32.6 Å². The Labute approximate surface area is 151 Å². The average Bonchev–Trinajstić information content (AvgIpc) is 2.87. The number of H-pyrrole nitrogens is 1. The molecule has 1 saturated heterocycles. The second kappa shape index (κ2) is 7.03. The number of piperidine rings is 1. The number of aromatic amines is 1. The fourth-order valence-electron chi connectivity index (χ4n) is 2.85. The first kappa shape index (κ1) is 18.3. The van der Waals surface area contributed by atoms with Gasteiger partial charge in [-0.05, 0) is 52.1 Å². The summed E-state index contributed by atoms with van der Waals surface area (Å²) in [6, 6.07) is 0. The number of halogens is 1. The van der Waals surface area contributed by atoms with E-state index in [0.717, 1.165) is 23.9 Å². The van der Waals surface area contributed by atoms with Crippen LogP contribution in [0.2, 0.25) is 5.28 Å². The Kier molecular flexibility index (Phi) is 5.15. The summed E-state index contributed by atoms with van der Waals surface area (Å²) in [4.78, 5) is 10.2. The normalized spacial score (nSPS) is 18.6. The number of likely N-dealkylation sites (tertiary alicyclic amines) is 1. The van der Waals surface area contributed by atoms with Gasteiger partial charge in [0.2, 0.25) is 17.6 Å². The quantitative estimate of drug-likeness (QED) is 0.630.